The number of halogens is 2. The number of hydrogen-bond acceptors (Lipinski definition) is 6. The van der Waals surface area contributed by atoms with Gasteiger partial charge in [0.1, 0.15) is 5.82 Å². The Hall–Kier alpha value is -2.90. The average Bonchev–Trinajstić information content (AvgIpc) is 3.48. The minimum atomic E-state index is -1.09. The number of nitrogens with two attached hydrogens (primary N) is 1. The van der Waals surface area contributed by atoms with Crippen LogP contribution in [0.25, 0.3) is 5.69 Å². The van der Waals surface area contributed by atoms with Crippen LogP contribution in [0.2, 0.25) is 4.34 Å². The number of pyridine rings is 1. The first kappa shape index (κ1) is 28.7. The van der Waals surface area contributed by atoms with Gasteiger partial charge in [-0.3, -0.25) is 23.9 Å². The van der Waals surface area contributed by atoms with E-state index in [1.807, 2.05) is 4.90 Å². The summed E-state index contributed by atoms with van der Waals surface area (Å²) in [6.07, 6.45) is 5.01. The summed E-state index contributed by atoms with van der Waals surface area (Å²) in [6, 6.07) is 12.3. The molecule has 2 atom stereocenters. The molecule has 4 N–H and O–H groups in total. The molecule has 0 bridgehead atoms. The molecule has 2 unspecified atom stereocenters. The molecule has 2 amide bonds. The predicted molar refractivity (Wildman–Crippen MR) is 145 cm³/mol. The lowest BCUT2D eigenvalue weighted by molar-refractivity contribution is -0.117. The third-order valence-corrected chi connectivity index (χ3v) is 7.33. The van der Waals surface area contributed by atoms with Crippen molar-refractivity contribution in [3.05, 3.63) is 80.1 Å². The molecule has 2 aromatic heterocycles. The van der Waals surface area contributed by atoms with Crippen molar-refractivity contribution >= 4 is 51.4 Å². The van der Waals surface area contributed by atoms with E-state index in [0.29, 0.717) is 21.4 Å². The summed E-state index contributed by atoms with van der Waals surface area (Å²) in [5, 5.41) is 2.59. The van der Waals surface area contributed by atoms with Crippen LogP contribution < -0.4 is 21.3 Å². The molecular weight excluding hydrogens is 541 g/mol. The highest BCUT2D eigenvalue weighted by molar-refractivity contribution is 7.82. The standard InChI is InChI=1S/C19H23FN4O3S.C5H4ClNOS/c1-28(27)21-12-15-5-4-9-23(15)13-18(25)22-17-8-7-14(11-16(17)20)24-10-3-2-6-19(24)26;6-4-2-1-3(9-4)5(7)8/h2-3,6-8,10-11,15,21H,4-5,9,12-13H2,1H3,(H,22,25);1-2H,(H2,7,8). The Morgan fingerprint density at radius 3 is 2.62 bits per heavy atom. The zero-order valence-corrected chi connectivity index (χ0v) is 22.4. The Bertz CT molecular complexity index is 1330. The quantitative estimate of drug-likeness (QED) is 0.386. The molecule has 1 aliphatic rings. The Labute approximate surface area is 225 Å². The first-order valence-corrected chi connectivity index (χ1v) is 14.0. The monoisotopic (exact) mass is 567 g/mol. The maximum atomic E-state index is 14.4. The molecule has 3 heterocycles. The SMILES string of the molecule is CS(=O)NCC1CCCN1CC(=O)Nc1ccc(-n2ccccc2=O)cc1F.NC(=O)c1ccc(Cl)s1. The van der Waals surface area contributed by atoms with Crippen molar-refractivity contribution in [1.82, 2.24) is 14.2 Å². The van der Waals surface area contributed by atoms with E-state index in [9.17, 15) is 23.0 Å². The van der Waals surface area contributed by atoms with Gasteiger partial charge in [0.2, 0.25) is 5.91 Å². The highest BCUT2D eigenvalue weighted by Crippen LogP contribution is 2.21. The molecule has 0 aliphatic carbocycles. The van der Waals surface area contributed by atoms with E-state index in [1.54, 1.807) is 42.8 Å². The van der Waals surface area contributed by atoms with Crippen LogP contribution in [-0.4, -0.2) is 57.4 Å². The van der Waals surface area contributed by atoms with Gasteiger partial charge in [0, 0.05) is 37.2 Å². The van der Waals surface area contributed by atoms with E-state index >= 15 is 0 Å². The van der Waals surface area contributed by atoms with Gasteiger partial charge in [0.15, 0.2) is 0 Å². The smallest absolute Gasteiger partial charge is 0.258 e. The summed E-state index contributed by atoms with van der Waals surface area (Å²) in [7, 11) is -1.09. The molecule has 0 radical (unpaired) electrons. The average molecular weight is 568 g/mol. The fraction of sp³-hybridized carbons (Fsp3) is 0.292. The number of likely N-dealkylation sites (tertiary alicyclic amines) is 1. The number of primary amides is 1. The van der Waals surface area contributed by atoms with Crippen LogP contribution in [0.1, 0.15) is 22.5 Å². The summed E-state index contributed by atoms with van der Waals surface area (Å²) in [6.45, 7) is 1.46. The molecule has 3 aromatic rings. The van der Waals surface area contributed by atoms with Gasteiger partial charge in [0.05, 0.1) is 38.1 Å². The number of rotatable bonds is 8. The molecule has 4 rings (SSSR count). The Morgan fingerprint density at radius 2 is 2.03 bits per heavy atom. The minimum Gasteiger partial charge on any atom is -0.365 e. The number of benzene rings is 1. The summed E-state index contributed by atoms with van der Waals surface area (Å²) in [5.74, 6) is -1.34. The van der Waals surface area contributed by atoms with Crippen LogP contribution in [0, 0.1) is 5.82 Å². The highest BCUT2D eigenvalue weighted by Gasteiger charge is 2.26. The van der Waals surface area contributed by atoms with E-state index in [-0.39, 0.29) is 29.7 Å². The summed E-state index contributed by atoms with van der Waals surface area (Å²) in [4.78, 5) is 37.1. The minimum absolute atomic E-state index is 0.0706. The van der Waals surface area contributed by atoms with Crippen molar-refractivity contribution < 1.29 is 18.2 Å². The van der Waals surface area contributed by atoms with E-state index in [1.165, 1.54) is 34.1 Å². The second-order valence-electron chi connectivity index (χ2n) is 8.16. The van der Waals surface area contributed by atoms with Crippen LogP contribution in [0.5, 0.6) is 0 Å². The molecule has 0 saturated carbocycles. The number of nitrogens with zero attached hydrogens (tertiary/aromatic N) is 2. The fourth-order valence-corrected chi connectivity index (χ4v) is 5.09. The van der Waals surface area contributed by atoms with Gasteiger partial charge in [-0.25, -0.2) is 13.3 Å². The van der Waals surface area contributed by atoms with Gasteiger partial charge in [0.25, 0.3) is 11.5 Å². The number of amides is 2. The largest absolute Gasteiger partial charge is 0.365 e. The second-order valence-corrected chi connectivity index (χ2v) is 11.1. The molecule has 1 aromatic carbocycles. The topological polar surface area (TPSA) is 127 Å². The number of carbonyl (C=O) groups is 2. The zero-order valence-electron chi connectivity index (χ0n) is 20.0. The highest BCUT2D eigenvalue weighted by atomic mass is 35.5. The normalized spacial score (nSPS) is 16.0. The number of carbonyl (C=O) groups excluding carboxylic acids is 2. The molecule has 1 saturated heterocycles. The Balaban J connectivity index is 0.000000356. The van der Waals surface area contributed by atoms with Crippen molar-refractivity contribution in [2.75, 3.05) is 31.2 Å². The van der Waals surface area contributed by atoms with Crippen molar-refractivity contribution in [1.29, 1.82) is 0 Å². The van der Waals surface area contributed by atoms with Crippen molar-refractivity contribution in [3.8, 4) is 5.69 Å². The summed E-state index contributed by atoms with van der Waals surface area (Å²) >= 11 is 6.70. The zero-order chi connectivity index (χ0) is 26.9. The summed E-state index contributed by atoms with van der Waals surface area (Å²) < 4.78 is 30.4. The maximum absolute atomic E-state index is 14.4. The van der Waals surface area contributed by atoms with Gasteiger partial charge in [-0.1, -0.05) is 17.7 Å². The number of aromatic nitrogens is 1. The molecule has 13 heteroatoms. The lowest BCUT2D eigenvalue weighted by Gasteiger charge is -2.23. The molecule has 1 aliphatic heterocycles. The third-order valence-electron chi connectivity index (χ3n) is 5.51. The van der Waals surface area contributed by atoms with Crippen LogP contribution in [0.3, 0.4) is 0 Å². The molecule has 37 heavy (non-hydrogen) atoms. The van der Waals surface area contributed by atoms with E-state index in [4.69, 9.17) is 17.3 Å². The van der Waals surface area contributed by atoms with Crippen LogP contribution in [-0.2, 0) is 15.8 Å². The molecular formula is C24H27ClFN5O4S2. The van der Waals surface area contributed by atoms with Gasteiger partial charge in [-0.15, -0.1) is 11.3 Å². The van der Waals surface area contributed by atoms with E-state index in [0.717, 1.165) is 19.4 Å². The first-order valence-electron chi connectivity index (χ1n) is 11.3. The number of hydrogen-bond donors (Lipinski definition) is 3. The van der Waals surface area contributed by atoms with E-state index < -0.39 is 22.7 Å². The maximum Gasteiger partial charge on any atom is 0.258 e. The lowest BCUT2D eigenvalue weighted by Crippen LogP contribution is -2.42. The van der Waals surface area contributed by atoms with Crippen molar-refractivity contribution in [3.63, 3.8) is 0 Å². The van der Waals surface area contributed by atoms with Gasteiger partial charge in [-0.2, -0.15) is 0 Å². The molecule has 9 nitrogen and oxygen atoms in total. The summed E-state index contributed by atoms with van der Waals surface area (Å²) in [5.41, 5.74) is 5.14. The fourth-order valence-electron chi connectivity index (χ4n) is 3.76. The predicted octanol–water partition coefficient (Wildman–Crippen LogP) is 2.76. The molecule has 198 valence electrons. The number of thiophene rings is 1. The van der Waals surface area contributed by atoms with Gasteiger partial charge < -0.3 is 11.1 Å². The van der Waals surface area contributed by atoms with Crippen molar-refractivity contribution in [2.45, 2.75) is 18.9 Å². The first-order chi connectivity index (χ1) is 17.6. The van der Waals surface area contributed by atoms with Crippen LogP contribution in [0.15, 0.2) is 59.5 Å². The Morgan fingerprint density at radius 1 is 1.24 bits per heavy atom. The van der Waals surface area contributed by atoms with Crippen LogP contribution >= 0.6 is 22.9 Å². The molecule has 1 fully saturated rings. The third kappa shape index (κ3) is 8.58. The number of nitrogens with one attached hydrogen (secondary N) is 2. The molecule has 0 spiro atoms. The lowest BCUT2D eigenvalue weighted by atomic mass is 10.2. The second kappa shape index (κ2) is 13.6. The Kier molecular flexibility index (Phi) is 10.5. The van der Waals surface area contributed by atoms with Gasteiger partial charge >= 0.3 is 0 Å². The van der Waals surface area contributed by atoms with Gasteiger partial charge in [-0.05, 0) is 49.7 Å². The van der Waals surface area contributed by atoms with Crippen molar-refractivity contribution in [2.24, 2.45) is 5.73 Å². The van der Waals surface area contributed by atoms with Crippen LogP contribution in [0.4, 0.5) is 10.1 Å². The number of anilines is 1. The van der Waals surface area contributed by atoms with E-state index in [2.05, 4.69) is 10.0 Å².